The van der Waals surface area contributed by atoms with Crippen LogP contribution in [-0.4, -0.2) is 46.0 Å². The van der Waals surface area contributed by atoms with Crippen LogP contribution in [0.2, 0.25) is 10.2 Å². The quantitative estimate of drug-likeness (QED) is 0.701. The zero-order chi connectivity index (χ0) is 21.5. The summed E-state index contributed by atoms with van der Waals surface area (Å²) in [4.78, 5) is 23.7. The first-order valence-corrected chi connectivity index (χ1v) is 11.2. The lowest BCUT2D eigenvalue weighted by Gasteiger charge is -2.45. The molecule has 0 unspecified atom stereocenters. The van der Waals surface area contributed by atoms with Gasteiger partial charge < -0.3 is 14.8 Å². The van der Waals surface area contributed by atoms with E-state index in [4.69, 9.17) is 32.7 Å². The number of ether oxygens (including phenoxy) is 2. The third-order valence-corrected chi connectivity index (χ3v) is 8.05. The summed E-state index contributed by atoms with van der Waals surface area (Å²) in [6, 6.07) is 7.43. The van der Waals surface area contributed by atoms with Gasteiger partial charge in [0.1, 0.15) is 23.5 Å². The van der Waals surface area contributed by atoms with Crippen LogP contribution in [0.25, 0.3) is 0 Å². The number of nitrogens with one attached hydrogen (secondary N) is 1. The normalized spacial score (nSPS) is 37.9. The second-order valence-corrected chi connectivity index (χ2v) is 9.95. The van der Waals surface area contributed by atoms with Crippen molar-refractivity contribution in [2.45, 2.75) is 50.2 Å². The van der Waals surface area contributed by atoms with Gasteiger partial charge in [0.2, 0.25) is 5.91 Å². The van der Waals surface area contributed by atoms with Gasteiger partial charge in [0.15, 0.2) is 0 Å². The van der Waals surface area contributed by atoms with Crippen molar-refractivity contribution in [1.82, 2.24) is 9.97 Å². The number of nitrogens with zero attached hydrogens (tertiary/aromatic N) is 3. The van der Waals surface area contributed by atoms with E-state index in [-0.39, 0.29) is 30.0 Å². The number of rotatable bonds is 3. The molecule has 5 heterocycles. The number of carbonyl (C=O) groups is 1. The second kappa shape index (κ2) is 6.54. The van der Waals surface area contributed by atoms with Crippen molar-refractivity contribution in [2.75, 3.05) is 16.8 Å². The molecule has 1 spiro atoms. The Morgan fingerprint density at radius 2 is 2.10 bits per heavy atom. The summed E-state index contributed by atoms with van der Waals surface area (Å²) in [5.41, 5.74) is 0.651. The molecular formula is C22H22Cl2N4O3. The maximum atomic E-state index is 13.7. The lowest BCUT2D eigenvalue weighted by Crippen LogP contribution is -2.59. The highest BCUT2D eigenvalue weighted by Crippen LogP contribution is 2.65. The minimum Gasteiger partial charge on any atom is -0.365 e. The van der Waals surface area contributed by atoms with E-state index in [1.54, 1.807) is 11.0 Å². The van der Waals surface area contributed by atoms with Crippen molar-refractivity contribution < 1.29 is 14.3 Å². The van der Waals surface area contributed by atoms with Crippen molar-refractivity contribution in [1.29, 1.82) is 0 Å². The highest BCUT2D eigenvalue weighted by molar-refractivity contribution is 6.31. The van der Waals surface area contributed by atoms with Crippen LogP contribution in [0.5, 0.6) is 0 Å². The number of hydrogen-bond acceptors (Lipinski definition) is 6. The van der Waals surface area contributed by atoms with E-state index >= 15 is 0 Å². The Hall–Kier alpha value is -1.93. The minimum absolute atomic E-state index is 0.00882. The maximum Gasteiger partial charge on any atom is 0.235 e. The maximum absolute atomic E-state index is 13.7. The average molecular weight is 461 g/mol. The fourth-order valence-corrected chi connectivity index (χ4v) is 6.54. The molecule has 1 N–H and O–H groups in total. The van der Waals surface area contributed by atoms with Crippen LogP contribution in [0.4, 0.5) is 11.5 Å². The third-order valence-electron chi connectivity index (χ3n) is 7.44. The van der Waals surface area contributed by atoms with E-state index < -0.39 is 11.2 Å². The predicted octanol–water partition coefficient (Wildman–Crippen LogP) is 3.83. The number of carbonyl (C=O) groups excluding carboxylic acids is 1. The summed E-state index contributed by atoms with van der Waals surface area (Å²) in [6.45, 7) is 4.51. The molecule has 0 aliphatic carbocycles. The molecule has 2 aromatic rings. The molecule has 31 heavy (non-hydrogen) atoms. The molecule has 4 fully saturated rings. The number of anilines is 2. The van der Waals surface area contributed by atoms with Crippen LogP contribution in [0.1, 0.15) is 25.3 Å². The van der Waals surface area contributed by atoms with Gasteiger partial charge in [0.25, 0.3) is 0 Å². The summed E-state index contributed by atoms with van der Waals surface area (Å²) in [6.07, 6.45) is 2.48. The highest BCUT2D eigenvalue weighted by atomic mass is 35.5. The van der Waals surface area contributed by atoms with Gasteiger partial charge in [-0.2, -0.15) is 0 Å². The first kappa shape index (κ1) is 19.7. The fraction of sp³-hybridized carbons (Fsp3) is 0.500. The summed E-state index contributed by atoms with van der Waals surface area (Å²) in [5, 5.41) is 4.53. The minimum atomic E-state index is -0.578. The Morgan fingerprint density at radius 3 is 2.87 bits per heavy atom. The molecule has 9 heteroatoms. The fourth-order valence-electron chi connectivity index (χ4n) is 6.21. The molecule has 0 saturated carbocycles. The third kappa shape index (κ3) is 2.64. The molecule has 6 rings (SSSR count). The number of aromatic nitrogens is 2. The van der Waals surface area contributed by atoms with E-state index in [9.17, 15) is 4.79 Å². The van der Waals surface area contributed by atoms with Crippen molar-refractivity contribution in [3.63, 3.8) is 0 Å². The zero-order valence-corrected chi connectivity index (χ0v) is 18.7. The Balaban J connectivity index is 1.40. The van der Waals surface area contributed by atoms with E-state index in [1.807, 2.05) is 32.0 Å². The van der Waals surface area contributed by atoms with E-state index in [2.05, 4.69) is 15.3 Å². The molecule has 2 bridgehead atoms. The summed E-state index contributed by atoms with van der Waals surface area (Å²) in [5.74, 6) is 0.363. The summed E-state index contributed by atoms with van der Waals surface area (Å²) < 4.78 is 12.9. The van der Waals surface area contributed by atoms with E-state index in [0.717, 1.165) is 11.3 Å². The van der Waals surface area contributed by atoms with Crippen LogP contribution in [0.3, 0.4) is 0 Å². The standard InChI is InChI=1S/C22H22Cl2N4O3/c1-11-3-4-12(7-13(11)23)28-19(29)17-18-20(28)30-6-5-22(18)14(9-21(17,2)31-22)27-16-8-15(24)25-10-26-16/h3-4,7-8,10,14,17-18,20H,5-6,9H2,1-2H3,(H,25,26,27)/t14-,17+,18-,20-,21+,22-/m0/s1. The summed E-state index contributed by atoms with van der Waals surface area (Å²) in [7, 11) is 0. The highest BCUT2D eigenvalue weighted by Gasteiger charge is 2.78. The lowest BCUT2D eigenvalue weighted by atomic mass is 9.64. The first-order chi connectivity index (χ1) is 14.8. The van der Waals surface area contributed by atoms with Crippen LogP contribution in [0.15, 0.2) is 30.6 Å². The van der Waals surface area contributed by atoms with Crippen molar-refractivity contribution >= 4 is 40.6 Å². The van der Waals surface area contributed by atoms with Crippen LogP contribution >= 0.6 is 23.2 Å². The lowest BCUT2D eigenvalue weighted by molar-refractivity contribution is -0.141. The van der Waals surface area contributed by atoms with Gasteiger partial charge in [-0.15, -0.1) is 0 Å². The Labute approximate surface area is 190 Å². The van der Waals surface area contributed by atoms with Crippen LogP contribution < -0.4 is 10.2 Å². The number of fused-ring (bicyclic) bond motifs is 2. The summed E-state index contributed by atoms with van der Waals surface area (Å²) >= 11 is 12.4. The predicted molar refractivity (Wildman–Crippen MR) is 116 cm³/mol. The van der Waals surface area contributed by atoms with Crippen LogP contribution in [0, 0.1) is 18.8 Å². The number of aryl methyl sites for hydroxylation is 1. The zero-order valence-electron chi connectivity index (χ0n) is 17.1. The largest absolute Gasteiger partial charge is 0.365 e. The number of halogens is 2. The molecular weight excluding hydrogens is 439 g/mol. The van der Waals surface area contributed by atoms with Gasteiger partial charge in [-0.05, 0) is 38.0 Å². The van der Waals surface area contributed by atoms with E-state index in [1.165, 1.54) is 6.33 Å². The Bertz CT molecular complexity index is 1100. The van der Waals surface area contributed by atoms with Crippen molar-refractivity contribution in [3.8, 4) is 0 Å². The van der Waals surface area contributed by atoms with Gasteiger partial charge in [0.05, 0.1) is 35.7 Å². The van der Waals surface area contributed by atoms with Gasteiger partial charge in [0, 0.05) is 23.2 Å². The topological polar surface area (TPSA) is 76.6 Å². The smallest absolute Gasteiger partial charge is 0.235 e. The molecule has 0 radical (unpaired) electrons. The molecule has 1 aromatic carbocycles. The molecule has 1 aromatic heterocycles. The van der Waals surface area contributed by atoms with Crippen molar-refractivity contribution in [3.05, 3.63) is 46.3 Å². The number of amides is 1. The van der Waals surface area contributed by atoms with Gasteiger partial charge >= 0.3 is 0 Å². The molecule has 162 valence electrons. The first-order valence-electron chi connectivity index (χ1n) is 10.5. The van der Waals surface area contributed by atoms with Crippen LogP contribution in [-0.2, 0) is 14.3 Å². The molecule has 6 atom stereocenters. The Morgan fingerprint density at radius 1 is 1.26 bits per heavy atom. The van der Waals surface area contributed by atoms with Gasteiger partial charge in [-0.3, -0.25) is 9.69 Å². The molecule has 4 saturated heterocycles. The monoisotopic (exact) mass is 460 g/mol. The molecule has 4 aliphatic rings. The number of hydrogen-bond donors (Lipinski definition) is 1. The van der Waals surface area contributed by atoms with Gasteiger partial charge in [-0.25, -0.2) is 9.97 Å². The Kier molecular flexibility index (Phi) is 4.16. The molecule has 4 aliphatic heterocycles. The van der Waals surface area contributed by atoms with E-state index in [0.29, 0.717) is 35.4 Å². The van der Waals surface area contributed by atoms with Gasteiger partial charge in [-0.1, -0.05) is 29.3 Å². The molecule has 7 nitrogen and oxygen atoms in total. The average Bonchev–Trinajstić information content (AvgIpc) is 3.28. The number of benzene rings is 1. The molecule has 1 amide bonds. The SMILES string of the molecule is Cc1ccc(N2C(=O)[C@H]3[C@H]4[C@@H]2OCC[C@@]42O[C@]3(C)C[C@@H]2Nc2cc(Cl)ncn2)cc1Cl. The van der Waals surface area contributed by atoms with Crippen molar-refractivity contribution in [2.24, 2.45) is 11.8 Å². The second-order valence-electron chi connectivity index (χ2n) is 9.15.